The van der Waals surface area contributed by atoms with Crippen LogP contribution in [0.15, 0.2) is 36.5 Å². The molecule has 15 heteroatoms. The fourth-order valence-corrected chi connectivity index (χ4v) is 5.99. The van der Waals surface area contributed by atoms with Gasteiger partial charge in [0.1, 0.15) is 55.4 Å². The number of rotatable bonds is 28. The Labute approximate surface area is 325 Å². The van der Waals surface area contributed by atoms with Gasteiger partial charge in [-0.25, -0.2) is 0 Å². The van der Waals surface area contributed by atoms with Gasteiger partial charge < -0.3 is 64.2 Å². The van der Waals surface area contributed by atoms with Crippen LogP contribution < -0.4 is 0 Å². The van der Waals surface area contributed by atoms with Crippen molar-refractivity contribution in [3.05, 3.63) is 36.5 Å². The van der Waals surface area contributed by atoms with Crippen LogP contribution in [0.5, 0.6) is 0 Å². The van der Waals surface area contributed by atoms with Crippen LogP contribution in [0.2, 0.25) is 0 Å². The number of allylic oxidation sites excluding steroid dienone is 6. The second-order valence-electron chi connectivity index (χ2n) is 14.1. The lowest BCUT2D eigenvalue weighted by molar-refractivity contribution is -0.332. The third kappa shape index (κ3) is 19.1. The molecule has 0 saturated carbocycles. The summed E-state index contributed by atoms with van der Waals surface area (Å²) < 4.78 is 33.1. The van der Waals surface area contributed by atoms with Crippen LogP contribution in [0.1, 0.15) is 110 Å². The lowest BCUT2D eigenvalue weighted by Gasteiger charge is -2.42. The predicted molar refractivity (Wildman–Crippen MR) is 201 cm³/mol. The number of carbonyl (C=O) groups is 2. The fraction of sp³-hybridized carbons (Fsp3) is 0.800. The molecule has 7 N–H and O–H groups in total. The highest BCUT2D eigenvalue weighted by Gasteiger charge is 2.47. The summed E-state index contributed by atoms with van der Waals surface area (Å²) in [7, 11) is 0. The van der Waals surface area contributed by atoms with Gasteiger partial charge in [0.05, 0.1) is 19.8 Å². The van der Waals surface area contributed by atoms with Gasteiger partial charge in [0.25, 0.3) is 0 Å². The zero-order valence-corrected chi connectivity index (χ0v) is 32.6. The summed E-state index contributed by atoms with van der Waals surface area (Å²) >= 11 is 0. The Morgan fingerprint density at radius 3 is 1.80 bits per heavy atom. The van der Waals surface area contributed by atoms with Gasteiger partial charge in [-0.1, -0.05) is 88.8 Å². The van der Waals surface area contributed by atoms with Crippen LogP contribution >= 0.6 is 0 Å². The Hall–Kier alpha value is -2.28. The average molecular weight is 789 g/mol. The first-order valence-electron chi connectivity index (χ1n) is 20.1. The van der Waals surface area contributed by atoms with Crippen molar-refractivity contribution in [3.63, 3.8) is 0 Å². The molecule has 0 spiro atoms. The van der Waals surface area contributed by atoms with Crippen LogP contribution in [0.4, 0.5) is 0 Å². The molecule has 2 fully saturated rings. The maximum Gasteiger partial charge on any atom is 0.306 e. The molecule has 2 rings (SSSR count). The van der Waals surface area contributed by atoms with Gasteiger partial charge in [-0.05, 0) is 44.9 Å². The lowest BCUT2D eigenvalue weighted by atomic mass is 9.98. The number of esters is 2. The van der Waals surface area contributed by atoms with Crippen LogP contribution in [-0.4, -0.2) is 142 Å². The molecule has 11 unspecified atom stereocenters. The first-order chi connectivity index (χ1) is 26.5. The van der Waals surface area contributed by atoms with E-state index in [4.69, 9.17) is 28.4 Å². The van der Waals surface area contributed by atoms with Crippen molar-refractivity contribution < 1.29 is 73.8 Å². The standard InChI is InChI=1S/C40H68O15/c1-3-5-7-9-10-11-12-13-14-15-16-17-18-19-21-23-32(43)53-28(25-50-31(42)22-20-8-6-4-2)26-51-39-38(49)36(47)34(45)30(55-39)27-52-40-37(48)35(46)33(44)29(24-41)54-40/h5,7,10-11,13-14,28-30,33-41,44-49H,3-4,6,8-9,12,15-27H2,1-2H3/b7-5-,11-10-,14-13-. The Morgan fingerprint density at radius 1 is 0.600 bits per heavy atom. The number of aliphatic hydroxyl groups excluding tert-OH is 7. The third-order valence-electron chi connectivity index (χ3n) is 9.38. The van der Waals surface area contributed by atoms with Crippen molar-refractivity contribution in [3.8, 4) is 0 Å². The van der Waals surface area contributed by atoms with E-state index in [2.05, 4.69) is 50.3 Å². The molecule has 2 aliphatic rings. The summed E-state index contributed by atoms with van der Waals surface area (Å²) in [5, 5.41) is 71.4. The summed E-state index contributed by atoms with van der Waals surface area (Å²) in [5.41, 5.74) is 0. The summed E-state index contributed by atoms with van der Waals surface area (Å²) in [5.74, 6) is -0.971. The van der Waals surface area contributed by atoms with Crippen molar-refractivity contribution in [1.82, 2.24) is 0 Å². The predicted octanol–water partition coefficient (Wildman–Crippen LogP) is 2.64. The largest absolute Gasteiger partial charge is 0.462 e. The topological polar surface area (TPSA) is 231 Å². The maximum atomic E-state index is 12.8. The van der Waals surface area contributed by atoms with Crippen molar-refractivity contribution in [2.75, 3.05) is 26.4 Å². The van der Waals surface area contributed by atoms with Crippen LogP contribution in [0.3, 0.4) is 0 Å². The Bertz CT molecular complexity index is 1110. The number of carbonyl (C=O) groups excluding carboxylic acids is 2. The van der Waals surface area contributed by atoms with Crippen molar-refractivity contribution in [1.29, 1.82) is 0 Å². The number of hydrogen-bond donors (Lipinski definition) is 7. The highest BCUT2D eigenvalue weighted by Crippen LogP contribution is 2.26. The van der Waals surface area contributed by atoms with Gasteiger partial charge in [0.2, 0.25) is 0 Å². The molecule has 0 aromatic heterocycles. The van der Waals surface area contributed by atoms with Crippen molar-refractivity contribution in [2.24, 2.45) is 0 Å². The van der Waals surface area contributed by atoms with Gasteiger partial charge in [-0.2, -0.15) is 0 Å². The number of hydrogen-bond acceptors (Lipinski definition) is 15. The number of ether oxygens (including phenoxy) is 6. The lowest BCUT2D eigenvalue weighted by Crippen LogP contribution is -2.61. The van der Waals surface area contributed by atoms with E-state index < -0.39 is 92.7 Å². The molecule has 2 heterocycles. The molecule has 2 saturated heterocycles. The summed E-state index contributed by atoms with van der Waals surface area (Å²) in [6.45, 7) is 2.27. The van der Waals surface area contributed by atoms with Crippen molar-refractivity contribution >= 4 is 11.9 Å². The first-order valence-corrected chi connectivity index (χ1v) is 20.1. The summed E-state index contributed by atoms with van der Waals surface area (Å²) in [4.78, 5) is 25.2. The molecule has 0 aromatic carbocycles. The number of unbranched alkanes of at least 4 members (excludes halogenated alkanes) is 8. The van der Waals surface area contributed by atoms with Crippen LogP contribution in [0.25, 0.3) is 0 Å². The molecule has 0 aromatic rings. The van der Waals surface area contributed by atoms with E-state index in [9.17, 15) is 45.3 Å². The average Bonchev–Trinajstić information content (AvgIpc) is 3.18. The maximum absolute atomic E-state index is 12.8. The monoisotopic (exact) mass is 788 g/mol. The Balaban J connectivity index is 1.85. The second kappa shape index (κ2) is 29.0. The highest BCUT2D eigenvalue weighted by atomic mass is 16.7. The molecule has 0 bridgehead atoms. The molecule has 55 heavy (non-hydrogen) atoms. The molecule has 2 aliphatic heterocycles. The zero-order valence-electron chi connectivity index (χ0n) is 32.6. The Kier molecular flexibility index (Phi) is 25.8. The SMILES string of the molecule is CC/C=C\C/C=C\C/C=C\CCCCCCCC(=O)OC(COC(=O)CCCCCC)COC1OC(COC2OC(CO)C(O)C(O)C2O)C(O)C(O)C1O. The molecule has 0 radical (unpaired) electrons. The van der Waals surface area contributed by atoms with E-state index in [0.717, 1.165) is 70.6 Å². The summed E-state index contributed by atoms with van der Waals surface area (Å²) in [6.07, 6.45) is 8.49. The van der Waals surface area contributed by atoms with Crippen LogP contribution in [-0.2, 0) is 38.0 Å². The van der Waals surface area contributed by atoms with Gasteiger partial charge >= 0.3 is 11.9 Å². The minimum atomic E-state index is -1.76. The molecule has 11 atom stereocenters. The molecule has 0 amide bonds. The minimum absolute atomic E-state index is 0.145. The van der Waals surface area contributed by atoms with Gasteiger partial charge in [0.15, 0.2) is 18.7 Å². The van der Waals surface area contributed by atoms with Gasteiger partial charge in [-0.3, -0.25) is 9.59 Å². The van der Waals surface area contributed by atoms with Crippen molar-refractivity contribution in [2.45, 2.75) is 178 Å². The molecule has 318 valence electrons. The van der Waals surface area contributed by atoms with E-state index in [1.807, 2.05) is 0 Å². The van der Waals surface area contributed by atoms with Gasteiger partial charge in [0, 0.05) is 12.8 Å². The first kappa shape index (κ1) is 48.9. The van der Waals surface area contributed by atoms with E-state index in [0.29, 0.717) is 12.8 Å². The third-order valence-corrected chi connectivity index (χ3v) is 9.38. The highest BCUT2D eigenvalue weighted by molar-refractivity contribution is 5.70. The van der Waals surface area contributed by atoms with Crippen LogP contribution in [0, 0.1) is 0 Å². The molecule has 15 nitrogen and oxygen atoms in total. The smallest absolute Gasteiger partial charge is 0.306 e. The van der Waals surface area contributed by atoms with E-state index in [1.165, 1.54) is 0 Å². The number of aliphatic hydroxyl groups is 7. The quantitative estimate of drug-likeness (QED) is 0.0343. The van der Waals surface area contributed by atoms with E-state index in [-0.39, 0.29) is 26.1 Å². The second-order valence-corrected chi connectivity index (χ2v) is 14.1. The van der Waals surface area contributed by atoms with E-state index in [1.54, 1.807) is 0 Å². The molecular formula is C40H68O15. The Morgan fingerprint density at radius 2 is 1.15 bits per heavy atom. The minimum Gasteiger partial charge on any atom is -0.462 e. The fourth-order valence-electron chi connectivity index (χ4n) is 5.99. The van der Waals surface area contributed by atoms with E-state index >= 15 is 0 Å². The molecular weight excluding hydrogens is 720 g/mol. The summed E-state index contributed by atoms with van der Waals surface area (Å²) in [6, 6.07) is 0. The molecule has 0 aliphatic carbocycles. The zero-order chi connectivity index (χ0) is 40.4. The van der Waals surface area contributed by atoms with Gasteiger partial charge in [-0.15, -0.1) is 0 Å². The normalized spacial score (nSPS) is 29.3.